The van der Waals surface area contributed by atoms with E-state index in [0.717, 1.165) is 5.56 Å². The number of carbonyl (C=O) groups excluding carboxylic acids is 2. The molecule has 27 heavy (non-hydrogen) atoms. The van der Waals surface area contributed by atoms with Crippen LogP contribution in [-0.2, 0) is 16.1 Å². The lowest BCUT2D eigenvalue weighted by atomic mass is 10.0. The first-order chi connectivity index (χ1) is 12.8. The number of hydrogen-bond acceptors (Lipinski definition) is 6. The second-order valence-electron chi connectivity index (χ2n) is 7.29. The maximum absolute atomic E-state index is 12.4. The number of aliphatic hydroxyl groups excluding tert-OH is 1. The first kappa shape index (κ1) is 21.0. The van der Waals surface area contributed by atoms with E-state index >= 15 is 0 Å². The van der Waals surface area contributed by atoms with Crippen LogP contribution in [0.4, 0.5) is 0 Å². The van der Waals surface area contributed by atoms with E-state index < -0.39 is 11.6 Å². The maximum Gasteiger partial charge on any atom is 0.237 e. The molecule has 1 aromatic carbocycles. The molecule has 0 unspecified atom stereocenters. The highest BCUT2D eigenvalue weighted by molar-refractivity contribution is 5.89. The van der Waals surface area contributed by atoms with Gasteiger partial charge < -0.3 is 25.2 Å². The molecule has 1 atom stereocenters. The zero-order valence-electron chi connectivity index (χ0n) is 16.4. The van der Waals surface area contributed by atoms with Crippen molar-refractivity contribution in [1.29, 1.82) is 0 Å². The summed E-state index contributed by atoms with van der Waals surface area (Å²) in [4.78, 5) is 26.7. The number of ether oxygens (including phenoxy) is 2. The van der Waals surface area contributed by atoms with E-state index in [-0.39, 0.29) is 24.8 Å². The SMILES string of the molecule is COc1cc(CN2CCNC(=O)[C@@H]2CC(=O)NC(C)(C)CO)cc(OC)c1. The summed E-state index contributed by atoms with van der Waals surface area (Å²) in [6.45, 7) is 4.93. The fourth-order valence-corrected chi connectivity index (χ4v) is 3.01. The smallest absolute Gasteiger partial charge is 0.237 e. The Morgan fingerprint density at radius 2 is 1.93 bits per heavy atom. The zero-order valence-corrected chi connectivity index (χ0v) is 16.4. The highest BCUT2D eigenvalue weighted by Gasteiger charge is 2.33. The summed E-state index contributed by atoms with van der Waals surface area (Å²) in [7, 11) is 3.17. The number of piperazine rings is 1. The largest absolute Gasteiger partial charge is 0.497 e. The van der Waals surface area contributed by atoms with Gasteiger partial charge in [-0.2, -0.15) is 0 Å². The van der Waals surface area contributed by atoms with Gasteiger partial charge in [0.2, 0.25) is 11.8 Å². The van der Waals surface area contributed by atoms with Crippen molar-refractivity contribution < 1.29 is 24.2 Å². The molecular weight excluding hydrogens is 350 g/mol. The van der Waals surface area contributed by atoms with Crippen LogP contribution in [0.3, 0.4) is 0 Å². The summed E-state index contributed by atoms with van der Waals surface area (Å²) in [6, 6.07) is 4.99. The molecule has 1 saturated heterocycles. The van der Waals surface area contributed by atoms with E-state index in [4.69, 9.17) is 9.47 Å². The molecule has 1 aliphatic heterocycles. The molecule has 0 bridgehead atoms. The molecule has 0 saturated carbocycles. The Labute approximate surface area is 159 Å². The van der Waals surface area contributed by atoms with Crippen LogP contribution < -0.4 is 20.1 Å². The van der Waals surface area contributed by atoms with Gasteiger partial charge in [-0.1, -0.05) is 0 Å². The van der Waals surface area contributed by atoms with Crippen molar-refractivity contribution in [2.75, 3.05) is 33.9 Å². The van der Waals surface area contributed by atoms with Crippen LogP contribution in [0.5, 0.6) is 11.5 Å². The van der Waals surface area contributed by atoms with E-state index in [1.54, 1.807) is 34.1 Å². The predicted molar refractivity (Wildman–Crippen MR) is 101 cm³/mol. The van der Waals surface area contributed by atoms with Gasteiger partial charge in [-0.15, -0.1) is 0 Å². The molecule has 0 aromatic heterocycles. The molecule has 0 aliphatic carbocycles. The highest BCUT2D eigenvalue weighted by Crippen LogP contribution is 2.24. The Hall–Kier alpha value is -2.32. The molecular formula is C19H29N3O5. The lowest BCUT2D eigenvalue weighted by Crippen LogP contribution is -2.57. The second-order valence-corrected chi connectivity index (χ2v) is 7.29. The van der Waals surface area contributed by atoms with Crippen LogP contribution in [0, 0.1) is 0 Å². The Kier molecular flexibility index (Phi) is 7.04. The molecule has 3 N–H and O–H groups in total. The second kappa shape index (κ2) is 9.05. The number of rotatable bonds is 8. The van der Waals surface area contributed by atoms with Crippen LogP contribution in [0.25, 0.3) is 0 Å². The molecule has 8 heteroatoms. The summed E-state index contributed by atoms with van der Waals surface area (Å²) in [5, 5.41) is 14.9. The van der Waals surface area contributed by atoms with Gasteiger partial charge in [0.05, 0.1) is 38.8 Å². The van der Waals surface area contributed by atoms with Gasteiger partial charge in [-0.25, -0.2) is 0 Å². The number of methoxy groups -OCH3 is 2. The van der Waals surface area contributed by atoms with E-state index in [2.05, 4.69) is 10.6 Å². The molecule has 0 radical (unpaired) electrons. The van der Waals surface area contributed by atoms with Crippen LogP contribution in [-0.4, -0.2) is 67.3 Å². The summed E-state index contributed by atoms with van der Waals surface area (Å²) >= 11 is 0. The third-order valence-electron chi connectivity index (χ3n) is 4.49. The molecule has 2 rings (SSSR count). The van der Waals surface area contributed by atoms with E-state index in [0.29, 0.717) is 31.1 Å². The molecule has 1 heterocycles. The maximum atomic E-state index is 12.4. The molecule has 2 amide bonds. The minimum Gasteiger partial charge on any atom is -0.497 e. The highest BCUT2D eigenvalue weighted by atomic mass is 16.5. The topological polar surface area (TPSA) is 100 Å². The number of amides is 2. The predicted octanol–water partition coefficient (Wildman–Crippen LogP) is 0.281. The third-order valence-corrected chi connectivity index (χ3v) is 4.49. The van der Waals surface area contributed by atoms with E-state index in [9.17, 15) is 14.7 Å². The van der Waals surface area contributed by atoms with Crippen molar-refractivity contribution in [3.8, 4) is 11.5 Å². The van der Waals surface area contributed by atoms with Crippen LogP contribution >= 0.6 is 0 Å². The van der Waals surface area contributed by atoms with Crippen molar-refractivity contribution >= 4 is 11.8 Å². The number of benzene rings is 1. The molecule has 8 nitrogen and oxygen atoms in total. The lowest BCUT2D eigenvalue weighted by molar-refractivity contribution is -0.135. The minimum absolute atomic E-state index is 0.0242. The summed E-state index contributed by atoms with van der Waals surface area (Å²) in [5.74, 6) is 0.895. The summed E-state index contributed by atoms with van der Waals surface area (Å²) in [5.41, 5.74) is 0.203. The molecule has 1 aliphatic rings. The van der Waals surface area contributed by atoms with Crippen molar-refractivity contribution in [2.24, 2.45) is 0 Å². The van der Waals surface area contributed by atoms with Gasteiger partial charge >= 0.3 is 0 Å². The fraction of sp³-hybridized carbons (Fsp3) is 0.579. The normalized spacial score (nSPS) is 18.0. The monoisotopic (exact) mass is 379 g/mol. The van der Waals surface area contributed by atoms with Gasteiger partial charge in [0.25, 0.3) is 0 Å². The van der Waals surface area contributed by atoms with E-state index in [1.807, 2.05) is 17.0 Å². The third kappa shape index (κ3) is 5.83. The quantitative estimate of drug-likeness (QED) is 0.600. The minimum atomic E-state index is -0.729. The lowest BCUT2D eigenvalue weighted by Gasteiger charge is -2.35. The summed E-state index contributed by atoms with van der Waals surface area (Å²) < 4.78 is 10.6. The van der Waals surface area contributed by atoms with Gasteiger partial charge in [-0.3, -0.25) is 14.5 Å². The average molecular weight is 379 g/mol. The van der Waals surface area contributed by atoms with Gasteiger partial charge in [0.15, 0.2) is 0 Å². The Bertz CT molecular complexity index is 655. The molecule has 150 valence electrons. The first-order valence-electron chi connectivity index (χ1n) is 8.93. The van der Waals surface area contributed by atoms with Crippen LogP contribution in [0.2, 0.25) is 0 Å². The van der Waals surface area contributed by atoms with Gasteiger partial charge in [0.1, 0.15) is 11.5 Å². The Morgan fingerprint density at radius 1 is 1.30 bits per heavy atom. The van der Waals surface area contributed by atoms with Crippen molar-refractivity contribution in [3.05, 3.63) is 23.8 Å². The number of nitrogens with one attached hydrogen (secondary N) is 2. The van der Waals surface area contributed by atoms with Gasteiger partial charge in [-0.05, 0) is 31.5 Å². The fourth-order valence-electron chi connectivity index (χ4n) is 3.01. The first-order valence-corrected chi connectivity index (χ1v) is 8.93. The van der Waals surface area contributed by atoms with Gasteiger partial charge in [0, 0.05) is 25.7 Å². The Morgan fingerprint density at radius 3 is 2.48 bits per heavy atom. The van der Waals surface area contributed by atoms with E-state index in [1.165, 1.54) is 0 Å². The molecule has 0 spiro atoms. The van der Waals surface area contributed by atoms with Crippen LogP contribution in [0.15, 0.2) is 18.2 Å². The molecule has 1 fully saturated rings. The van der Waals surface area contributed by atoms with Crippen LogP contribution in [0.1, 0.15) is 25.8 Å². The number of hydrogen-bond donors (Lipinski definition) is 3. The number of carbonyl (C=O) groups is 2. The van der Waals surface area contributed by atoms with Crippen molar-refractivity contribution in [1.82, 2.24) is 15.5 Å². The van der Waals surface area contributed by atoms with Crippen molar-refractivity contribution in [2.45, 2.75) is 38.4 Å². The zero-order chi connectivity index (χ0) is 20.0. The number of nitrogens with zero attached hydrogens (tertiary/aromatic N) is 1. The Balaban J connectivity index is 2.14. The van der Waals surface area contributed by atoms with Crippen molar-refractivity contribution in [3.63, 3.8) is 0 Å². The molecule has 1 aromatic rings. The number of aliphatic hydroxyl groups is 1. The average Bonchev–Trinajstić information content (AvgIpc) is 2.63. The standard InChI is InChI=1S/C19H29N3O5/c1-19(2,12-23)21-17(24)10-16-18(25)20-5-6-22(16)11-13-7-14(26-3)9-15(8-13)27-4/h7-9,16,23H,5-6,10-12H2,1-4H3,(H,20,25)(H,21,24)/t16-/m0/s1. The summed E-state index contributed by atoms with van der Waals surface area (Å²) in [6.07, 6.45) is 0.0242.